The van der Waals surface area contributed by atoms with E-state index in [-0.39, 0.29) is 17.0 Å². The van der Waals surface area contributed by atoms with Crippen LogP contribution >= 0.6 is 44.2 Å². The number of benzene rings is 2. The summed E-state index contributed by atoms with van der Waals surface area (Å²) in [6, 6.07) is 11.8. The SMILES string of the molecule is Br.COc1ccc(OC)c(-c2cn3nc(-c4c[nH]c5ccc(Br)cc45)sc3n2)c1. The number of hydrogen-bond acceptors (Lipinski definition) is 5. The Bertz CT molecular complexity index is 1290. The number of fused-ring (bicyclic) bond motifs is 2. The van der Waals surface area contributed by atoms with Gasteiger partial charge in [0.05, 0.1) is 26.1 Å². The Kier molecular flexibility index (Phi) is 5.37. The van der Waals surface area contributed by atoms with Gasteiger partial charge in [-0.1, -0.05) is 27.3 Å². The molecule has 9 heteroatoms. The third kappa shape index (κ3) is 3.43. The van der Waals surface area contributed by atoms with Gasteiger partial charge in [-0.15, -0.1) is 17.0 Å². The molecule has 5 aromatic rings. The van der Waals surface area contributed by atoms with Crippen LogP contribution in [0.1, 0.15) is 0 Å². The lowest BCUT2D eigenvalue weighted by atomic mass is 10.1. The number of H-pyrrole nitrogens is 1. The van der Waals surface area contributed by atoms with E-state index in [0.29, 0.717) is 0 Å². The van der Waals surface area contributed by atoms with Crippen LogP contribution < -0.4 is 9.47 Å². The Morgan fingerprint density at radius 2 is 1.93 bits per heavy atom. The molecule has 3 heterocycles. The lowest BCUT2D eigenvalue weighted by Crippen LogP contribution is -1.90. The molecule has 5 rings (SSSR count). The van der Waals surface area contributed by atoms with Gasteiger partial charge in [-0.3, -0.25) is 0 Å². The van der Waals surface area contributed by atoms with Crippen molar-refractivity contribution in [2.45, 2.75) is 0 Å². The number of nitrogens with one attached hydrogen (secondary N) is 1. The molecule has 0 fully saturated rings. The molecule has 3 aromatic heterocycles. The Morgan fingerprint density at radius 1 is 1.07 bits per heavy atom. The van der Waals surface area contributed by atoms with Gasteiger partial charge in [0.25, 0.3) is 0 Å². The van der Waals surface area contributed by atoms with Crippen LogP contribution in [0.5, 0.6) is 11.5 Å². The zero-order valence-corrected chi connectivity index (χ0v) is 19.6. The second-order valence-electron chi connectivity index (χ2n) is 6.22. The normalized spacial score (nSPS) is 11.0. The van der Waals surface area contributed by atoms with Crippen LogP contribution in [-0.4, -0.2) is 33.8 Å². The van der Waals surface area contributed by atoms with Crippen molar-refractivity contribution in [2.24, 2.45) is 0 Å². The molecule has 0 bridgehead atoms. The number of aromatic nitrogens is 4. The van der Waals surface area contributed by atoms with E-state index in [1.165, 1.54) is 0 Å². The van der Waals surface area contributed by atoms with Crippen molar-refractivity contribution in [2.75, 3.05) is 14.2 Å². The summed E-state index contributed by atoms with van der Waals surface area (Å²) in [5.41, 5.74) is 3.81. The van der Waals surface area contributed by atoms with Gasteiger partial charge in [-0.05, 0) is 36.4 Å². The zero-order valence-electron chi connectivity index (χ0n) is 15.5. The molecule has 1 N–H and O–H groups in total. The highest BCUT2D eigenvalue weighted by atomic mass is 79.9. The average Bonchev–Trinajstić information content (AvgIpc) is 3.39. The molecule has 2 aromatic carbocycles. The van der Waals surface area contributed by atoms with E-state index < -0.39 is 0 Å². The van der Waals surface area contributed by atoms with Gasteiger partial charge >= 0.3 is 0 Å². The second kappa shape index (κ2) is 7.81. The van der Waals surface area contributed by atoms with Gasteiger partial charge in [0, 0.05) is 32.7 Å². The van der Waals surface area contributed by atoms with Crippen molar-refractivity contribution in [3.05, 3.63) is 53.3 Å². The summed E-state index contributed by atoms with van der Waals surface area (Å²) in [5, 5.41) is 6.78. The Hall–Kier alpha value is -2.36. The van der Waals surface area contributed by atoms with E-state index in [1.54, 1.807) is 25.6 Å². The number of hydrogen-bond donors (Lipinski definition) is 1. The molecule has 148 valence electrons. The number of aromatic amines is 1. The minimum Gasteiger partial charge on any atom is -0.497 e. The highest BCUT2D eigenvalue weighted by Crippen LogP contribution is 2.36. The van der Waals surface area contributed by atoms with E-state index in [4.69, 9.17) is 19.6 Å². The zero-order chi connectivity index (χ0) is 19.3. The molecule has 29 heavy (non-hydrogen) atoms. The van der Waals surface area contributed by atoms with E-state index in [0.717, 1.165) is 53.7 Å². The Balaban J connectivity index is 0.00000205. The molecule has 0 aliphatic rings. The van der Waals surface area contributed by atoms with E-state index in [1.807, 2.05) is 41.2 Å². The van der Waals surface area contributed by atoms with E-state index in [2.05, 4.69) is 33.0 Å². The van der Waals surface area contributed by atoms with Gasteiger partial charge in [0.2, 0.25) is 4.96 Å². The summed E-state index contributed by atoms with van der Waals surface area (Å²) < 4.78 is 13.7. The number of imidazole rings is 1. The molecule has 0 radical (unpaired) electrons. The molecule has 0 saturated carbocycles. The fraction of sp³-hybridized carbons (Fsp3) is 0.100. The average molecular weight is 536 g/mol. The molecule has 0 amide bonds. The fourth-order valence-corrected chi connectivity index (χ4v) is 4.50. The van der Waals surface area contributed by atoms with Crippen LogP contribution in [-0.2, 0) is 0 Å². The van der Waals surface area contributed by atoms with Crippen LogP contribution in [0.15, 0.2) is 53.3 Å². The largest absolute Gasteiger partial charge is 0.497 e. The van der Waals surface area contributed by atoms with Crippen molar-refractivity contribution in [1.29, 1.82) is 0 Å². The summed E-state index contributed by atoms with van der Waals surface area (Å²) in [4.78, 5) is 8.88. The quantitative estimate of drug-likeness (QED) is 0.308. The summed E-state index contributed by atoms with van der Waals surface area (Å²) >= 11 is 5.09. The highest BCUT2D eigenvalue weighted by Gasteiger charge is 2.16. The predicted octanol–water partition coefficient (Wildman–Crippen LogP) is 5.96. The third-order valence-corrected chi connectivity index (χ3v) is 6.05. The van der Waals surface area contributed by atoms with Gasteiger partial charge in [0.15, 0.2) is 0 Å². The molecule has 0 spiro atoms. The maximum absolute atomic E-state index is 5.48. The van der Waals surface area contributed by atoms with Crippen LogP contribution in [0.4, 0.5) is 0 Å². The first kappa shape index (κ1) is 19.9. The molecule has 0 saturated heterocycles. The topological polar surface area (TPSA) is 64.4 Å². The maximum Gasteiger partial charge on any atom is 0.213 e. The smallest absolute Gasteiger partial charge is 0.213 e. The van der Waals surface area contributed by atoms with Crippen LogP contribution in [0.3, 0.4) is 0 Å². The first-order chi connectivity index (χ1) is 13.7. The molecule has 6 nitrogen and oxygen atoms in total. The molecule has 0 aliphatic heterocycles. The summed E-state index contributed by atoms with van der Waals surface area (Å²) in [7, 11) is 3.29. The lowest BCUT2D eigenvalue weighted by Gasteiger charge is -2.08. The standard InChI is InChI=1S/C20H15BrN4O2S.BrH/c1-26-12-4-6-18(27-2)14(8-12)17-10-25-20(23-17)28-19(24-25)15-9-22-16-5-3-11(21)7-13(15)16;/h3-10,22H,1-2H3;1H. The molecule has 0 atom stereocenters. The third-order valence-electron chi connectivity index (χ3n) is 4.60. The van der Waals surface area contributed by atoms with Crippen molar-refractivity contribution in [3.63, 3.8) is 0 Å². The summed E-state index contributed by atoms with van der Waals surface area (Å²) in [6.45, 7) is 0. The molecular formula is C20H16Br2N4O2S. The number of nitrogens with zero attached hydrogens (tertiary/aromatic N) is 3. The molecule has 0 unspecified atom stereocenters. The van der Waals surface area contributed by atoms with Crippen LogP contribution in [0, 0.1) is 0 Å². The van der Waals surface area contributed by atoms with Crippen LogP contribution in [0.2, 0.25) is 0 Å². The lowest BCUT2D eigenvalue weighted by molar-refractivity contribution is 0.404. The van der Waals surface area contributed by atoms with Gasteiger partial charge in [0.1, 0.15) is 16.5 Å². The van der Waals surface area contributed by atoms with Gasteiger partial charge < -0.3 is 14.5 Å². The Morgan fingerprint density at radius 3 is 2.69 bits per heavy atom. The summed E-state index contributed by atoms with van der Waals surface area (Å²) in [6.07, 6.45) is 3.90. The number of halogens is 2. The fourth-order valence-electron chi connectivity index (χ4n) is 3.22. The second-order valence-corrected chi connectivity index (χ2v) is 8.09. The predicted molar refractivity (Wildman–Crippen MR) is 125 cm³/mol. The molecular weight excluding hydrogens is 520 g/mol. The van der Waals surface area contributed by atoms with Gasteiger partial charge in [-0.25, -0.2) is 9.50 Å². The summed E-state index contributed by atoms with van der Waals surface area (Å²) in [5.74, 6) is 1.50. The van der Waals surface area contributed by atoms with E-state index >= 15 is 0 Å². The number of methoxy groups -OCH3 is 2. The van der Waals surface area contributed by atoms with Crippen molar-refractivity contribution in [3.8, 4) is 33.3 Å². The molecule has 0 aliphatic carbocycles. The number of ether oxygens (including phenoxy) is 2. The van der Waals surface area contributed by atoms with Crippen LogP contribution in [0.25, 0.3) is 37.7 Å². The Labute approximate surface area is 189 Å². The van der Waals surface area contributed by atoms with Crippen molar-refractivity contribution in [1.82, 2.24) is 19.6 Å². The monoisotopic (exact) mass is 534 g/mol. The van der Waals surface area contributed by atoms with Crippen molar-refractivity contribution < 1.29 is 9.47 Å². The first-order valence-corrected chi connectivity index (χ1v) is 10.1. The van der Waals surface area contributed by atoms with Gasteiger partial charge in [-0.2, -0.15) is 5.10 Å². The first-order valence-electron chi connectivity index (χ1n) is 8.52. The minimum atomic E-state index is 0. The minimum absolute atomic E-state index is 0. The van der Waals surface area contributed by atoms with E-state index in [9.17, 15) is 0 Å². The number of rotatable bonds is 4. The van der Waals surface area contributed by atoms with Crippen molar-refractivity contribution >= 4 is 60.1 Å². The maximum atomic E-state index is 5.48. The highest BCUT2D eigenvalue weighted by molar-refractivity contribution is 9.10.